The first-order chi connectivity index (χ1) is 8.58. The highest BCUT2D eigenvalue weighted by molar-refractivity contribution is 6.32. The van der Waals surface area contributed by atoms with Gasteiger partial charge >= 0.3 is 0 Å². The number of halogens is 2. The fraction of sp³-hybridized carbons (Fsp3) is 0.0714. The Bertz CT molecular complexity index is 634. The summed E-state index contributed by atoms with van der Waals surface area (Å²) in [7, 11) is 0. The molecule has 18 heavy (non-hydrogen) atoms. The number of rotatable bonds is 2. The number of nitriles is 1. The van der Waals surface area contributed by atoms with Crippen LogP contribution in [0.1, 0.15) is 11.1 Å². The molecule has 0 radical (unpaired) electrons. The van der Waals surface area contributed by atoms with Crippen LogP contribution in [0.4, 0.5) is 4.39 Å². The molecule has 0 atom stereocenters. The summed E-state index contributed by atoms with van der Waals surface area (Å²) in [5, 5.41) is 9.19. The number of aryl methyl sites for hydroxylation is 1. The number of hydrogen-bond acceptors (Lipinski definition) is 2. The molecule has 2 aromatic rings. The molecule has 2 rings (SSSR count). The van der Waals surface area contributed by atoms with E-state index in [0.29, 0.717) is 10.8 Å². The zero-order chi connectivity index (χ0) is 13.1. The van der Waals surface area contributed by atoms with E-state index in [2.05, 4.69) is 0 Å². The van der Waals surface area contributed by atoms with Crippen LogP contribution in [0, 0.1) is 24.1 Å². The molecule has 0 amide bonds. The molecular formula is C14H9ClFNO. The largest absolute Gasteiger partial charge is 0.456 e. The first-order valence-electron chi connectivity index (χ1n) is 5.23. The van der Waals surface area contributed by atoms with Crippen molar-refractivity contribution in [3.05, 3.63) is 58.4 Å². The molecule has 0 aliphatic heterocycles. The predicted molar refractivity (Wildman–Crippen MR) is 67.4 cm³/mol. The van der Waals surface area contributed by atoms with Crippen LogP contribution in [0.5, 0.6) is 11.5 Å². The van der Waals surface area contributed by atoms with E-state index in [1.807, 2.05) is 19.1 Å². The van der Waals surface area contributed by atoms with Gasteiger partial charge in [-0.1, -0.05) is 17.7 Å². The van der Waals surface area contributed by atoms with Crippen LogP contribution in [0.3, 0.4) is 0 Å². The fourth-order valence-electron chi connectivity index (χ4n) is 1.50. The van der Waals surface area contributed by atoms with Gasteiger partial charge in [-0.2, -0.15) is 5.26 Å². The van der Waals surface area contributed by atoms with Gasteiger partial charge < -0.3 is 4.74 Å². The Hall–Kier alpha value is -2.05. The summed E-state index contributed by atoms with van der Waals surface area (Å²) in [4.78, 5) is 0. The van der Waals surface area contributed by atoms with Crippen molar-refractivity contribution in [3.8, 4) is 17.6 Å². The molecule has 0 unspecified atom stereocenters. The molecule has 0 N–H and O–H groups in total. The van der Waals surface area contributed by atoms with E-state index in [0.717, 1.165) is 11.6 Å². The third-order valence-corrected chi connectivity index (χ3v) is 2.61. The number of nitrogens with zero attached hydrogens (tertiary/aromatic N) is 1. The number of hydrogen-bond donors (Lipinski definition) is 0. The van der Waals surface area contributed by atoms with E-state index in [9.17, 15) is 4.39 Å². The molecule has 0 saturated heterocycles. The van der Waals surface area contributed by atoms with E-state index in [-0.39, 0.29) is 11.3 Å². The van der Waals surface area contributed by atoms with Gasteiger partial charge in [-0.3, -0.25) is 0 Å². The van der Waals surface area contributed by atoms with Crippen molar-refractivity contribution in [1.29, 1.82) is 5.26 Å². The second-order valence-electron chi connectivity index (χ2n) is 3.82. The minimum absolute atomic E-state index is 0.202. The van der Waals surface area contributed by atoms with Crippen molar-refractivity contribution in [3.63, 3.8) is 0 Å². The van der Waals surface area contributed by atoms with Crippen molar-refractivity contribution in [1.82, 2.24) is 0 Å². The molecule has 0 heterocycles. The highest BCUT2D eigenvalue weighted by atomic mass is 35.5. The summed E-state index contributed by atoms with van der Waals surface area (Å²) in [6, 6.07) is 11.0. The van der Waals surface area contributed by atoms with Gasteiger partial charge in [-0.05, 0) is 36.8 Å². The van der Waals surface area contributed by atoms with Crippen LogP contribution in [-0.2, 0) is 0 Å². The Morgan fingerprint density at radius 2 is 2.00 bits per heavy atom. The standard InChI is InChI=1S/C14H9ClFNO/c1-9-2-3-14(13(15)4-9)18-12-6-10(8-17)5-11(16)7-12/h2-7H,1H3. The Morgan fingerprint density at radius 3 is 2.67 bits per heavy atom. The maximum atomic E-state index is 13.2. The monoisotopic (exact) mass is 261 g/mol. The number of benzene rings is 2. The van der Waals surface area contributed by atoms with Crippen LogP contribution >= 0.6 is 11.6 Å². The van der Waals surface area contributed by atoms with Crippen LogP contribution < -0.4 is 4.74 Å². The van der Waals surface area contributed by atoms with Gasteiger partial charge in [0.05, 0.1) is 16.7 Å². The van der Waals surface area contributed by atoms with Gasteiger partial charge in [-0.15, -0.1) is 0 Å². The summed E-state index contributed by atoms with van der Waals surface area (Å²) >= 11 is 6.01. The Morgan fingerprint density at radius 1 is 1.22 bits per heavy atom. The quantitative estimate of drug-likeness (QED) is 0.800. The SMILES string of the molecule is Cc1ccc(Oc2cc(F)cc(C#N)c2)c(Cl)c1. The molecule has 2 nitrogen and oxygen atoms in total. The third-order valence-electron chi connectivity index (χ3n) is 2.32. The first kappa shape index (κ1) is 12.4. The highest BCUT2D eigenvalue weighted by Crippen LogP contribution is 2.30. The Kier molecular flexibility index (Phi) is 3.50. The van der Waals surface area contributed by atoms with Crippen molar-refractivity contribution in [2.75, 3.05) is 0 Å². The molecule has 0 aromatic heterocycles. The van der Waals surface area contributed by atoms with Crippen LogP contribution in [0.15, 0.2) is 36.4 Å². The third kappa shape index (κ3) is 2.79. The lowest BCUT2D eigenvalue weighted by Crippen LogP contribution is -1.88. The molecule has 2 aromatic carbocycles. The van der Waals surface area contributed by atoms with Crippen molar-refractivity contribution >= 4 is 11.6 Å². The maximum absolute atomic E-state index is 13.2. The molecule has 4 heteroatoms. The summed E-state index contributed by atoms with van der Waals surface area (Å²) in [5.74, 6) is 0.154. The minimum atomic E-state index is -0.521. The number of ether oxygens (including phenoxy) is 1. The topological polar surface area (TPSA) is 33.0 Å². The molecular weight excluding hydrogens is 253 g/mol. The van der Waals surface area contributed by atoms with Gasteiger partial charge in [0.25, 0.3) is 0 Å². The molecule has 90 valence electrons. The summed E-state index contributed by atoms with van der Waals surface area (Å²) in [6.07, 6.45) is 0. The average molecular weight is 262 g/mol. The Balaban J connectivity index is 2.34. The second kappa shape index (κ2) is 5.07. The smallest absolute Gasteiger partial charge is 0.146 e. The predicted octanol–water partition coefficient (Wildman–Crippen LogP) is 4.45. The molecule has 0 spiro atoms. The van der Waals surface area contributed by atoms with Crippen LogP contribution in [-0.4, -0.2) is 0 Å². The van der Waals surface area contributed by atoms with Gasteiger partial charge in [0.2, 0.25) is 0 Å². The van der Waals surface area contributed by atoms with Crippen molar-refractivity contribution in [2.24, 2.45) is 0 Å². The molecule has 0 aliphatic carbocycles. The van der Waals surface area contributed by atoms with E-state index in [1.54, 1.807) is 12.1 Å². The zero-order valence-electron chi connectivity index (χ0n) is 9.58. The van der Waals surface area contributed by atoms with Gasteiger partial charge in [0.1, 0.15) is 17.3 Å². The summed E-state index contributed by atoms with van der Waals surface area (Å²) < 4.78 is 18.7. The maximum Gasteiger partial charge on any atom is 0.146 e. The van der Waals surface area contributed by atoms with Gasteiger partial charge in [-0.25, -0.2) is 4.39 Å². The molecule has 0 bridgehead atoms. The van der Waals surface area contributed by atoms with Crippen LogP contribution in [0.25, 0.3) is 0 Å². The summed E-state index contributed by atoms with van der Waals surface area (Å²) in [6.45, 7) is 1.91. The minimum Gasteiger partial charge on any atom is -0.456 e. The Labute approximate surface area is 109 Å². The summed E-state index contributed by atoms with van der Waals surface area (Å²) in [5.41, 5.74) is 1.21. The molecule has 0 aliphatic rings. The lowest BCUT2D eigenvalue weighted by molar-refractivity contribution is 0.476. The highest BCUT2D eigenvalue weighted by Gasteiger charge is 2.06. The zero-order valence-corrected chi connectivity index (χ0v) is 10.3. The van der Waals surface area contributed by atoms with Gasteiger partial charge in [0.15, 0.2) is 0 Å². The molecule has 0 fully saturated rings. The molecule has 0 saturated carbocycles. The van der Waals surface area contributed by atoms with E-state index < -0.39 is 5.82 Å². The van der Waals surface area contributed by atoms with Crippen molar-refractivity contribution < 1.29 is 9.13 Å². The first-order valence-corrected chi connectivity index (χ1v) is 5.61. The van der Waals surface area contributed by atoms with Crippen LogP contribution in [0.2, 0.25) is 5.02 Å². The lowest BCUT2D eigenvalue weighted by Gasteiger charge is -2.08. The lowest BCUT2D eigenvalue weighted by atomic mass is 10.2. The van der Waals surface area contributed by atoms with Crippen molar-refractivity contribution in [2.45, 2.75) is 6.92 Å². The normalized spacial score (nSPS) is 9.89. The van der Waals surface area contributed by atoms with Gasteiger partial charge in [0, 0.05) is 6.07 Å². The fourth-order valence-corrected chi connectivity index (χ4v) is 1.78. The second-order valence-corrected chi connectivity index (χ2v) is 4.23. The van der Waals surface area contributed by atoms with E-state index in [1.165, 1.54) is 12.1 Å². The average Bonchev–Trinajstić information content (AvgIpc) is 2.32. The van der Waals surface area contributed by atoms with E-state index in [4.69, 9.17) is 21.6 Å². The van der Waals surface area contributed by atoms with E-state index >= 15 is 0 Å².